The van der Waals surface area contributed by atoms with Crippen molar-refractivity contribution in [2.75, 3.05) is 39.5 Å². The molecule has 1 heterocycles. The van der Waals surface area contributed by atoms with E-state index in [1.54, 1.807) is 0 Å². The van der Waals surface area contributed by atoms with Crippen molar-refractivity contribution in [3.05, 3.63) is 0 Å². The van der Waals surface area contributed by atoms with Gasteiger partial charge >= 0.3 is 0 Å². The molecule has 1 N–H and O–H groups in total. The Balaban J connectivity index is 1.83. The zero-order chi connectivity index (χ0) is 10.9. The van der Waals surface area contributed by atoms with Gasteiger partial charge in [-0.1, -0.05) is 13.8 Å². The summed E-state index contributed by atoms with van der Waals surface area (Å²) >= 11 is 0. The Hall–Kier alpha value is -0.120. The molecule has 0 aliphatic carbocycles. The van der Waals surface area contributed by atoms with Gasteiger partial charge in [0.2, 0.25) is 0 Å². The molecule has 3 nitrogen and oxygen atoms in total. The fraction of sp³-hybridized carbons (Fsp3) is 1.00. The smallest absolute Gasteiger partial charge is 0.0700 e. The molecule has 1 atom stereocenters. The van der Waals surface area contributed by atoms with Gasteiger partial charge in [0.15, 0.2) is 0 Å². The molecule has 1 aliphatic heterocycles. The summed E-state index contributed by atoms with van der Waals surface area (Å²) in [5.41, 5.74) is 0. The lowest BCUT2D eigenvalue weighted by Gasteiger charge is -2.22. The zero-order valence-corrected chi connectivity index (χ0v) is 10.1. The van der Waals surface area contributed by atoms with Crippen molar-refractivity contribution >= 4 is 0 Å². The van der Waals surface area contributed by atoms with E-state index >= 15 is 0 Å². The van der Waals surface area contributed by atoms with Crippen molar-refractivity contribution < 1.29 is 9.47 Å². The highest BCUT2D eigenvalue weighted by molar-refractivity contribution is 4.67. The van der Waals surface area contributed by atoms with Crippen LogP contribution < -0.4 is 5.32 Å². The molecule has 0 amide bonds. The van der Waals surface area contributed by atoms with Gasteiger partial charge in [-0.25, -0.2) is 0 Å². The number of piperidine rings is 1. The summed E-state index contributed by atoms with van der Waals surface area (Å²) in [5, 5.41) is 3.39. The van der Waals surface area contributed by atoms with Crippen molar-refractivity contribution in [2.24, 2.45) is 11.8 Å². The van der Waals surface area contributed by atoms with Gasteiger partial charge in [0.05, 0.1) is 19.8 Å². The van der Waals surface area contributed by atoms with Crippen LogP contribution in [-0.2, 0) is 9.47 Å². The third-order valence-corrected chi connectivity index (χ3v) is 2.58. The first kappa shape index (κ1) is 12.9. The fourth-order valence-electron chi connectivity index (χ4n) is 1.75. The molecule has 15 heavy (non-hydrogen) atoms. The van der Waals surface area contributed by atoms with E-state index in [0.29, 0.717) is 11.8 Å². The molecule has 0 bridgehead atoms. The van der Waals surface area contributed by atoms with Gasteiger partial charge in [-0.15, -0.1) is 0 Å². The Morgan fingerprint density at radius 2 is 2.07 bits per heavy atom. The summed E-state index contributed by atoms with van der Waals surface area (Å²) in [5.74, 6) is 1.33. The molecular formula is C12H25NO2. The van der Waals surface area contributed by atoms with Crippen LogP contribution in [0.1, 0.15) is 26.7 Å². The number of ether oxygens (including phenoxy) is 2. The van der Waals surface area contributed by atoms with Crippen LogP contribution in [0.3, 0.4) is 0 Å². The van der Waals surface area contributed by atoms with Crippen LogP contribution in [0, 0.1) is 11.8 Å². The summed E-state index contributed by atoms with van der Waals surface area (Å²) in [7, 11) is 0. The molecule has 90 valence electrons. The highest BCUT2D eigenvalue weighted by Gasteiger charge is 2.12. The number of hydrogen-bond donors (Lipinski definition) is 1. The molecule has 0 aromatic rings. The SMILES string of the molecule is CC(C)COCCOCC1CCCNC1. The fourth-order valence-corrected chi connectivity index (χ4v) is 1.75. The first-order chi connectivity index (χ1) is 7.29. The Kier molecular flexibility index (Phi) is 6.98. The van der Waals surface area contributed by atoms with E-state index in [-0.39, 0.29) is 0 Å². The van der Waals surface area contributed by atoms with E-state index in [9.17, 15) is 0 Å². The van der Waals surface area contributed by atoms with Gasteiger partial charge in [-0.2, -0.15) is 0 Å². The minimum Gasteiger partial charge on any atom is -0.379 e. The summed E-state index contributed by atoms with van der Waals surface area (Å²) in [4.78, 5) is 0. The van der Waals surface area contributed by atoms with E-state index in [1.807, 2.05) is 0 Å². The molecule has 0 spiro atoms. The maximum atomic E-state index is 5.59. The average molecular weight is 215 g/mol. The Morgan fingerprint density at radius 1 is 1.27 bits per heavy atom. The predicted octanol–water partition coefficient (Wildman–Crippen LogP) is 1.68. The lowest BCUT2D eigenvalue weighted by atomic mass is 10.0. The molecule has 1 unspecified atom stereocenters. The highest BCUT2D eigenvalue weighted by atomic mass is 16.5. The van der Waals surface area contributed by atoms with Crippen LogP contribution in [0.2, 0.25) is 0 Å². The number of nitrogens with one attached hydrogen (secondary N) is 1. The molecule has 0 saturated carbocycles. The van der Waals surface area contributed by atoms with Crippen molar-refractivity contribution in [1.82, 2.24) is 5.32 Å². The van der Waals surface area contributed by atoms with Crippen LogP contribution in [0.4, 0.5) is 0 Å². The van der Waals surface area contributed by atoms with Crippen LogP contribution in [-0.4, -0.2) is 39.5 Å². The first-order valence-electron chi connectivity index (χ1n) is 6.15. The molecule has 1 saturated heterocycles. The zero-order valence-electron chi connectivity index (χ0n) is 10.1. The summed E-state index contributed by atoms with van der Waals surface area (Å²) in [6.07, 6.45) is 2.59. The monoisotopic (exact) mass is 215 g/mol. The van der Waals surface area contributed by atoms with Gasteiger partial charge < -0.3 is 14.8 Å². The molecule has 1 aliphatic rings. The molecule has 0 radical (unpaired) electrons. The summed E-state index contributed by atoms with van der Waals surface area (Å²) in [6.45, 7) is 9.82. The lowest BCUT2D eigenvalue weighted by Crippen LogP contribution is -2.32. The Morgan fingerprint density at radius 3 is 2.73 bits per heavy atom. The third-order valence-electron chi connectivity index (χ3n) is 2.58. The average Bonchev–Trinajstić information content (AvgIpc) is 2.24. The minimum atomic E-state index is 0.618. The minimum absolute atomic E-state index is 0.618. The Labute approximate surface area is 93.5 Å². The van der Waals surface area contributed by atoms with E-state index in [2.05, 4.69) is 19.2 Å². The highest BCUT2D eigenvalue weighted by Crippen LogP contribution is 2.09. The molecule has 1 fully saturated rings. The molecule has 0 aromatic carbocycles. The second-order valence-corrected chi connectivity index (χ2v) is 4.76. The number of hydrogen-bond acceptors (Lipinski definition) is 3. The van der Waals surface area contributed by atoms with Gasteiger partial charge in [-0.3, -0.25) is 0 Å². The van der Waals surface area contributed by atoms with Crippen molar-refractivity contribution in [2.45, 2.75) is 26.7 Å². The first-order valence-corrected chi connectivity index (χ1v) is 6.15. The molecule has 1 rings (SSSR count). The van der Waals surface area contributed by atoms with Gasteiger partial charge in [0.25, 0.3) is 0 Å². The lowest BCUT2D eigenvalue weighted by molar-refractivity contribution is 0.0224. The predicted molar refractivity (Wildman–Crippen MR) is 62.1 cm³/mol. The largest absolute Gasteiger partial charge is 0.379 e. The topological polar surface area (TPSA) is 30.5 Å². The number of rotatable bonds is 7. The second-order valence-electron chi connectivity index (χ2n) is 4.76. The summed E-state index contributed by atoms with van der Waals surface area (Å²) in [6, 6.07) is 0. The van der Waals surface area contributed by atoms with Crippen LogP contribution in [0.25, 0.3) is 0 Å². The van der Waals surface area contributed by atoms with Crippen molar-refractivity contribution in [3.63, 3.8) is 0 Å². The van der Waals surface area contributed by atoms with Crippen LogP contribution >= 0.6 is 0 Å². The van der Waals surface area contributed by atoms with Crippen molar-refractivity contribution in [1.29, 1.82) is 0 Å². The van der Waals surface area contributed by atoms with Crippen LogP contribution in [0.15, 0.2) is 0 Å². The van der Waals surface area contributed by atoms with Crippen molar-refractivity contribution in [3.8, 4) is 0 Å². The van der Waals surface area contributed by atoms with Gasteiger partial charge in [-0.05, 0) is 31.2 Å². The summed E-state index contributed by atoms with van der Waals surface area (Å²) < 4.78 is 11.0. The second kappa shape index (κ2) is 8.08. The van der Waals surface area contributed by atoms with E-state index in [4.69, 9.17) is 9.47 Å². The van der Waals surface area contributed by atoms with E-state index < -0.39 is 0 Å². The van der Waals surface area contributed by atoms with Gasteiger partial charge in [0.1, 0.15) is 0 Å². The third kappa shape index (κ3) is 6.88. The Bertz CT molecular complexity index is 145. The quantitative estimate of drug-likeness (QED) is 0.655. The van der Waals surface area contributed by atoms with E-state index in [0.717, 1.165) is 33.0 Å². The molecular weight excluding hydrogens is 190 g/mol. The van der Waals surface area contributed by atoms with Gasteiger partial charge in [0, 0.05) is 13.2 Å². The van der Waals surface area contributed by atoms with Crippen LogP contribution in [0.5, 0.6) is 0 Å². The molecule has 0 aromatic heterocycles. The molecule has 3 heteroatoms. The normalized spacial score (nSPS) is 22.2. The standard InChI is InChI=1S/C12H25NO2/c1-11(2)9-14-6-7-15-10-12-4-3-5-13-8-12/h11-13H,3-10H2,1-2H3. The maximum Gasteiger partial charge on any atom is 0.0700 e. The van der Waals surface area contributed by atoms with E-state index in [1.165, 1.54) is 19.4 Å². The maximum absolute atomic E-state index is 5.59.